The molecule has 0 aliphatic rings. The molecule has 0 spiro atoms. The first-order valence-corrected chi connectivity index (χ1v) is 12.4. The quantitative estimate of drug-likeness (QED) is 0.212. The van der Waals surface area contributed by atoms with Crippen LogP contribution >= 0.6 is 46.4 Å². The molecule has 0 fully saturated rings. The summed E-state index contributed by atoms with van der Waals surface area (Å²) in [5, 5.41) is 1.28. The summed E-state index contributed by atoms with van der Waals surface area (Å²) in [4.78, 5) is 0. The van der Waals surface area contributed by atoms with Crippen molar-refractivity contribution in [3.8, 4) is 0 Å². The molecule has 0 radical (unpaired) electrons. The normalized spacial score (nSPS) is 13.0. The second-order valence-corrected chi connectivity index (χ2v) is 9.08. The average Bonchev–Trinajstić information content (AvgIpc) is 2.86. The molecule has 0 bridgehead atoms. The highest BCUT2D eigenvalue weighted by atomic mass is 35.5. The summed E-state index contributed by atoms with van der Waals surface area (Å²) in [6.45, 7) is 0. The average molecular weight is 516 g/mol. The minimum Gasteiger partial charge on any atom is -0.356 e. The van der Waals surface area contributed by atoms with E-state index in [1.165, 1.54) is 0 Å². The molecule has 0 saturated carbocycles. The summed E-state index contributed by atoms with van der Waals surface area (Å²) in [6.07, 6.45) is -0.748. The minimum atomic E-state index is -0.374. The van der Waals surface area contributed by atoms with Gasteiger partial charge >= 0.3 is 0 Å². The maximum atomic E-state index is 6.96. The monoisotopic (exact) mass is 514 g/mol. The van der Waals surface area contributed by atoms with E-state index in [0.29, 0.717) is 21.8 Å². The minimum absolute atomic E-state index is 0.326. The van der Waals surface area contributed by atoms with Crippen molar-refractivity contribution in [1.29, 1.82) is 0 Å². The first-order valence-electron chi connectivity index (χ1n) is 10.5. The molecule has 2 atom stereocenters. The highest BCUT2D eigenvalue weighted by Crippen LogP contribution is 2.39. The fraction of sp³-hybridized carbons (Fsp3) is 0.143. The smallest absolute Gasteiger partial charge is 0.109 e. The largest absolute Gasteiger partial charge is 0.356 e. The van der Waals surface area contributed by atoms with Crippen LogP contribution in [-0.4, -0.2) is 0 Å². The van der Waals surface area contributed by atoms with Gasteiger partial charge in [0.25, 0.3) is 0 Å². The molecule has 0 aromatic heterocycles. The molecule has 4 rings (SSSR count). The number of hydrogen-bond donors (Lipinski definition) is 0. The first kappa shape index (κ1) is 24.1. The van der Waals surface area contributed by atoms with E-state index in [4.69, 9.17) is 51.1 Å². The molecule has 33 heavy (non-hydrogen) atoms. The lowest BCUT2D eigenvalue weighted by molar-refractivity contribution is 0.0301. The summed E-state index contributed by atoms with van der Waals surface area (Å²) < 4.78 is 6.96. The third-order valence-corrected chi connectivity index (χ3v) is 6.59. The first-order chi connectivity index (χ1) is 16.1. The Bertz CT molecular complexity index is 1100. The Balaban J connectivity index is 1.87. The lowest BCUT2D eigenvalue weighted by Crippen LogP contribution is -2.16. The summed E-state index contributed by atoms with van der Waals surface area (Å²) in [7, 11) is 0. The molecule has 2 unspecified atom stereocenters. The van der Waals surface area contributed by atoms with Gasteiger partial charge in [-0.3, -0.25) is 0 Å². The van der Waals surface area contributed by atoms with Gasteiger partial charge < -0.3 is 4.74 Å². The zero-order valence-electron chi connectivity index (χ0n) is 17.7. The second-order valence-electron chi connectivity index (χ2n) is 7.67. The predicted molar refractivity (Wildman–Crippen MR) is 140 cm³/mol. The van der Waals surface area contributed by atoms with E-state index < -0.39 is 0 Å². The van der Waals surface area contributed by atoms with Crippen molar-refractivity contribution in [1.82, 2.24) is 0 Å². The van der Waals surface area contributed by atoms with Crippen LogP contribution in [0.5, 0.6) is 0 Å². The highest BCUT2D eigenvalue weighted by molar-refractivity contribution is 6.31. The van der Waals surface area contributed by atoms with Crippen molar-refractivity contribution in [3.05, 3.63) is 140 Å². The van der Waals surface area contributed by atoms with Crippen LogP contribution in [0.2, 0.25) is 10.0 Å². The number of benzene rings is 4. The SMILES string of the molecule is ClCc1cc(Cl)ccc1C(OC(c1ccccc1)c1ccc(Cl)cc1CCl)c1ccccc1. The van der Waals surface area contributed by atoms with Crippen LogP contribution in [0.4, 0.5) is 0 Å². The van der Waals surface area contributed by atoms with E-state index in [0.717, 1.165) is 33.4 Å². The summed E-state index contributed by atoms with van der Waals surface area (Å²) in [5.74, 6) is 0.652. The Kier molecular flexibility index (Phi) is 8.35. The zero-order chi connectivity index (χ0) is 23.2. The number of halogens is 4. The topological polar surface area (TPSA) is 9.23 Å². The fourth-order valence-electron chi connectivity index (χ4n) is 3.95. The third kappa shape index (κ3) is 5.74. The Labute approximate surface area is 214 Å². The van der Waals surface area contributed by atoms with Crippen LogP contribution < -0.4 is 0 Å². The molecule has 0 saturated heterocycles. The standard InChI is InChI=1S/C28H22Cl4O/c29-17-21-15-23(31)11-13-25(21)27(19-7-3-1-4-8-19)33-28(20-9-5-2-6-10-20)26-14-12-24(32)16-22(26)18-30/h1-16,27-28H,17-18H2. The van der Waals surface area contributed by atoms with Crippen molar-refractivity contribution in [2.24, 2.45) is 0 Å². The zero-order valence-corrected chi connectivity index (χ0v) is 20.8. The Morgan fingerprint density at radius 3 is 1.30 bits per heavy atom. The van der Waals surface area contributed by atoms with Gasteiger partial charge in [0.15, 0.2) is 0 Å². The van der Waals surface area contributed by atoms with Gasteiger partial charge in [0.1, 0.15) is 12.2 Å². The van der Waals surface area contributed by atoms with E-state index in [2.05, 4.69) is 24.3 Å². The third-order valence-electron chi connectivity index (χ3n) is 5.54. The van der Waals surface area contributed by atoms with Crippen LogP contribution in [0, 0.1) is 0 Å². The molecule has 0 aliphatic carbocycles. The van der Waals surface area contributed by atoms with Gasteiger partial charge in [0, 0.05) is 21.8 Å². The van der Waals surface area contributed by atoms with Crippen LogP contribution in [-0.2, 0) is 16.5 Å². The number of rotatable bonds is 8. The summed E-state index contributed by atoms with van der Waals surface area (Å²) >= 11 is 25.2. The van der Waals surface area contributed by atoms with Crippen LogP contribution in [0.1, 0.15) is 45.6 Å². The van der Waals surface area contributed by atoms with Crippen LogP contribution in [0.25, 0.3) is 0 Å². The van der Waals surface area contributed by atoms with Gasteiger partial charge in [-0.05, 0) is 57.6 Å². The summed E-state index contributed by atoms with van der Waals surface area (Å²) in [6, 6.07) is 31.8. The van der Waals surface area contributed by atoms with Gasteiger partial charge in [0.2, 0.25) is 0 Å². The highest BCUT2D eigenvalue weighted by Gasteiger charge is 2.26. The Morgan fingerprint density at radius 2 is 0.939 bits per heavy atom. The molecule has 0 N–H and O–H groups in total. The molecule has 0 amide bonds. The number of hydrogen-bond acceptors (Lipinski definition) is 1. The predicted octanol–water partition coefficient (Wildman–Crippen LogP) is 9.37. The van der Waals surface area contributed by atoms with Crippen LogP contribution in [0.15, 0.2) is 97.1 Å². The van der Waals surface area contributed by atoms with Gasteiger partial charge in [-0.1, -0.05) is 96.0 Å². The lowest BCUT2D eigenvalue weighted by Gasteiger charge is -2.29. The molecule has 1 nitrogen and oxygen atoms in total. The Hall–Kier alpha value is -2.00. The lowest BCUT2D eigenvalue weighted by atomic mass is 9.94. The van der Waals surface area contributed by atoms with E-state index >= 15 is 0 Å². The molecular weight excluding hydrogens is 494 g/mol. The molecule has 4 aromatic rings. The molecule has 168 valence electrons. The molecule has 5 heteroatoms. The second kappa shape index (κ2) is 11.4. The maximum Gasteiger partial charge on any atom is 0.109 e. The Morgan fingerprint density at radius 1 is 0.545 bits per heavy atom. The van der Waals surface area contributed by atoms with E-state index in [1.807, 2.05) is 72.8 Å². The van der Waals surface area contributed by atoms with Crippen molar-refractivity contribution in [2.45, 2.75) is 24.0 Å². The summed E-state index contributed by atoms with van der Waals surface area (Å²) in [5.41, 5.74) is 5.85. The van der Waals surface area contributed by atoms with Gasteiger partial charge in [0.05, 0.1) is 0 Å². The van der Waals surface area contributed by atoms with Crippen molar-refractivity contribution < 1.29 is 4.74 Å². The van der Waals surface area contributed by atoms with Gasteiger partial charge in [-0.25, -0.2) is 0 Å². The van der Waals surface area contributed by atoms with Gasteiger partial charge in [-0.2, -0.15) is 0 Å². The van der Waals surface area contributed by atoms with E-state index in [1.54, 1.807) is 0 Å². The maximum absolute atomic E-state index is 6.96. The fourth-order valence-corrected chi connectivity index (χ4v) is 4.80. The molecule has 0 heterocycles. The number of ether oxygens (including phenoxy) is 1. The molecular formula is C28H22Cl4O. The van der Waals surface area contributed by atoms with Crippen LogP contribution in [0.3, 0.4) is 0 Å². The van der Waals surface area contributed by atoms with E-state index in [-0.39, 0.29) is 12.2 Å². The van der Waals surface area contributed by atoms with Gasteiger partial charge in [-0.15, -0.1) is 23.2 Å². The molecule has 0 aliphatic heterocycles. The molecule has 4 aromatic carbocycles. The van der Waals surface area contributed by atoms with Crippen molar-refractivity contribution in [3.63, 3.8) is 0 Å². The van der Waals surface area contributed by atoms with Crippen molar-refractivity contribution >= 4 is 46.4 Å². The van der Waals surface area contributed by atoms with Crippen molar-refractivity contribution in [2.75, 3.05) is 0 Å². The number of alkyl halides is 2. The van der Waals surface area contributed by atoms with E-state index in [9.17, 15) is 0 Å².